The summed E-state index contributed by atoms with van der Waals surface area (Å²) in [5.41, 5.74) is -1.41. The number of benzene rings is 2. The molecular weight excluding hydrogens is 586 g/mol. The monoisotopic (exact) mass is 586 g/mol. The molecule has 0 spiro atoms. The summed E-state index contributed by atoms with van der Waals surface area (Å²) in [4.78, 5) is 10.7. The summed E-state index contributed by atoms with van der Waals surface area (Å²) in [6, 6.07) is 1.42. The maximum atomic E-state index is 13.1. The third-order valence-corrected chi connectivity index (χ3v) is 4.66. The van der Waals surface area contributed by atoms with Crippen molar-refractivity contribution >= 4 is 74.8 Å². The number of ketones is 1. The molecule has 0 aliphatic rings. The molecule has 0 aliphatic heterocycles. The first-order chi connectivity index (χ1) is 12.2. The SMILES string of the molecule is Fc1c(Cl)cc(I)c(F)c1Cl.O=C(c1cc(Cl)c(F)c(Cl)c1F)C(F)(F)F. The molecule has 0 radical (unpaired) electrons. The number of halogens is 12. The van der Waals surface area contributed by atoms with Crippen LogP contribution in [0.25, 0.3) is 0 Å². The number of rotatable bonds is 1. The molecule has 0 aliphatic carbocycles. The zero-order valence-corrected chi connectivity index (χ0v) is 17.3. The van der Waals surface area contributed by atoms with Gasteiger partial charge in [0.15, 0.2) is 23.3 Å². The molecule has 0 amide bonds. The highest BCUT2D eigenvalue weighted by molar-refractivity contribution is 14.1. The molecular formula is C14H2Cl4F7IO. The van der Waals surface area contributed by atoms with Gasteiger partial charge in [0.2, 0.25) is 0 Å². The first kappa shape index (κ1) is 24.5. The van der Waals surface area contributed by atoms with E-state index in [-0.39, 0.29) is 14.7 Å². The van der Waals surface area contributed by atoms with E-state index < -0.39 is 55.9 Å². The number of Topliss-reactive ketones (excluding diaryl/α,β-unsaturated/α-hetero) is 1. The fourth-order valence-electron chi connectivity index (χ4n) is 1.43. The molecule has 2 rings (SSSR count). The molecule has 1 nitrogen and oxygen atoms in total. The minimum Gasteiger partial charge on any atom is -0.284 e. The Morgan fingerprint density at radius 3 is 1.63 bits per heavy atom. The van der Waals surface area contributed by atoms with Gasteiger partial charge in [-0.25, -0.2) is 17.6 Å². The van der Waals surface area contributed by atoms with Crippen LogP contribution in [-0.4, -0.2) is 12.0 Å². The minimum atomic E-state index is -5.29. The first-order valence-electron chi connectivity index (χ1n) is 6.13. The van der Waals surface area contributed by atoms with E-state index in [9.17, 15) is 35.5 Å². The van der Waals surface area contributed by atoms with Gasteiger partial charge in [0.25, 0.3) is 5.78 Å². The van der Waals surface area contributed by atoms with Crippen LogP contribution < -0.4 is 0 Å². The third kappa shape index (κ3) is 5.75. The summed E-state index contributed by atoms with van der Waals surface area (Å²) in [6.07, 6.45) is -5.29. The average molecular weight is 588 g/mol. The number of carbonyl (C=O) groups excluding carboxylic acids is 1. The summed E-state index contributed by atoms with van der Waals surface area (Å²) >= 11 is 22.5. The second-order valence-electron chi connectivity index (χ2n) is 4.46. The molecule has 0 saturated carbocycles. The smallest absolute Gasteiger partial charge is 0.284 e. The van der Waals surface area contributed by atoms with Crippen LogP contribution >= 0.6 is 69.0 Å². The molecule has 0 unspecified atom stereocenters. The van der Waals surface area contributed by atoms with Crippen LogP contribution in [-0.2, 0) is 0 Å². The van der Waals surface area contributed by atoms with Gasteiger partial charge in [-0.2, -0.15) is 13.2 Å². The molecule has 0 saturated heterocycles. The number of alkyl halides is 3. The number of hydrogen-bond donors (Lipinski definition) is 0. The lowest BCUT2D eigenvalue weighted by atomic mass is 10.1. The van der Waals surface area contributed by atoms with Crippen LogP contribution in [0.2, 0.25) is 20.1 Å². The minimum absolute atomic E-state index is 0.166. The van der Waals surface area contributed by atoms with E-state index >= 15 is 0 Å². The second-order valence-corrected chi connectivity index (χ2v) is 7.19. The Morgan fingerprint density at radius 2 is 1.19 bits per heavy atom. The Morgan fingerprint density at radius 1 is 0.778 bits per heavy atom. The summed E-state index contributed by atoms with van der Waals surface area (Å²) < 4.78 is 87.5. The van der Waals surface area contributed by atoms with Crippen LogP contribution in [0.15, 0.2) is 12.1 Å². The normalized spacial score (nSPS) is 11.1. The summed E-state index contributed by atoms with van der Waals surface area (Å²) in [6.45, 7) is 0. The molecule has 0 atom stereocenters. The number of carbonyl (C=O) groups is 1. The third-order valence-electron chi connectivity index (χ3n) is 2.66. The van der Waals surface area contributed by atoms with Gasteiger partial charge in [-0.3, -0.25) is 4.79 Å². The zero-order valence-electron chi connectivity index (χ0n) is 12.1. The number of hydrogen-bond acceptors (Lipinski definition) is 1. The first-order valence-corrected chi connectivity index (χ1v) is 8.72. The van der Waals surface area contributed by atoms with Gasteiger partial charge >= 0.3 is 6.18 Å². The lowest BCUT2D eigenvalue weighted by Gasteiger charge is -2.08. The van der Waals surface area contributed by atoms with Crippen molar-refractivity contribution < 1.29 is 35.5 Å². The van der Waals surface area contributed by atoms with Crippen molar-refractivity contribution in [2.24, 2.45) is 0 Å². The fraction of sp³-hybridized carbons (Fsp3) is 0.0714. The predicted octanol–water partition coefficient (Wildman–Crippen LogP) is 7.89. The Labute approximate surface area is 180 Å². The summed E-state index contributed by atoms with van der Waals surface area (Å²) in [7, 11) is 0. The quantitative estimate of drug-likeness (QED) is 0.109. The predicted molar refractivity (Wildman–Crippen MR) is 95.9 cm³/mol. The highest BCUT2D eigenvalue weighted by atomic mass is 127. The maximum absolute atomic E-state index is 13.1. The average Bonchev–Trinajstić information content (AvgIpc) is 2.58. The zero-order chi connectivity index (χ0) is 21.3. The molecule has 0 N–H and O–H groups in total. The topological polar surface area (TPSA) is 17.1 Å². The summed E-state index contributed by atoms with van der Waals surface area (Å²) in [5.74, 6) is -7.36. The van der Waals surface area contributed by atoms with Crippen LogP contribution in [0.1, 0.15) is 10.4 Å². The van der Waals surface area contributed by atoms with E-state index in [1.165, 1.54) is 6.07 Å². The fourth-order valence-corrected chi connectivity index (χ4v) is 3.27. The highest BCUT2D eigenvalue weighted by Gasteiger charge is 2.41. The van der Waals surface area contributed by atoms with Crippen molar-refractivity contribution in [2.45, 2.75) is 6.18 Å². The van der Waals surface area contributed by atoms with Crippen molar-refractivity contribution in [3.63, 3.8) is 0 Å². The van der Waals surface area contributed by atoms with Crippen LogP contribution in [0.3, 0.4) is 0 Å². The Bertz CT molecular complexity index is 876. The van der Waals surface area contributed by atoms with Crippen molar-refractivity contribution in [3.8, 4) is 0 Å². The molecule has 148 valence electrons. The van der Waals surface area contributed by atoms with Crippen molar-refractivity contribution in [1.29, 1.82) is 0 Å². The molecule has 2 aromatic rings. The molecule has 0 aromatic heterocycles. The molecule has 2 aromatic carbocycles. The van der Waals surface area contributed by atoms with E-state index in [1.54, 1.807) is 22.6 Å². The van der Waals surface area contributed by atoms with Gasteiger partial charge in [-0.1, -0.05) is 46.4 Å². The van der Waals surface area contributed by atoms with E-state index in [0.717, 1.165) is 0 Å². The lowest BCUT2D eigenvalue weighted by molar-refractivity contribution is -0.0887. The van der Waals surface area contributed by atoms with Gasteiger partial charge in [-0.05, 0) is 34.7 Å². The molecule has 13 heteroatoms. The van der Waals surface area contributed by atoms with Crippen molar-refractivity contribution in [1.82, 2.24) is 0 Å². The van der Waals surface area contributed by atoms with Gasteiger partial charge in [0.1, 0.15) is 10.0 Å². The standard InChI is InChI=1S/C8HCl2F5O.C6HCl2F2I/c9-3-1-2(7(16)8(13,14)15)5(11)4(10)6(3)12;7-2-1-3(11)6(10)4(8)5(2)9/h1H;1H. The van der Waals surface area contributed by atoms with Crippen LogP contribution in [0.5, 0.6) is 0 Å². The molecule has 0 bridgehead atoms. The second kappa shape index (κ2) is 9.34. The Hall–Kier alpha value is -0.490. The Balaban J connectivity index is 0.000000289. The van der Waals surface area contributed by atoms with E-state index in [4.69, 9.17) is 46.4 Å². The van der Waals surface area contributed by atoms with Crippen molar-refractivity contribution in [3.05, 3.63) is 64.6 Å². The van der Waals surface area contributed by atoms with Gasteiger partial charge < -0.3 is 0 Å². The maximum Gasteiger partial charge on any atom is 0.454 e. The lowest BCUT2D eigenvalue weighted by Crippen LogP contribution is -2.24. The van der Waals surface area contributed by atoms with Gasteiger partial charge in [-0.15, -0.1) is 0 Å². The Kier molecular flexibility index (Phi) is 8.49. The van der Waals surface area contributed by atoms with E-state index in [2.05, 4.69) is 0 Å². The van der Waals surface area contributed by atoms with E-state index in [1.807, 2.05) is 0 Å². The van der Waals surface area contributed by atoms with Crippen LogP contribution in [0.4, 0.5) is 30.7 Å². The molecule has 27 heavy (non-hydrogen) atoms. The van der Waals surface area contributed by atoms with E-state index in [0.29, 0.717) is 0 Å². The van der Waals surface area contributed by atoms with Gasteiger partial charge in [0, 0.05) is 0 Å². The molecule has 0 heterocycles. The summed E-state index contributed by atoms with van der Waals surface area (Å²) in [5, 5.41) is -2.83. The highest BCUT2D eigenvalue weighted by Crippen LogP contribution is 2.32. The van der Waals surface area contributed by atoms with Gasteiger partial charge in [0.05, 0.1) is 19.2 Å². The van der Waals surface area contributed by atoms with Crippen LogP contribution in [0, 0.1) is 26.8 Å². The largest absolute Gasteiger partial charge is 0.454 e. The van der Waals surface area contributed by atoms with Crippen molar-refractivity contribution in [2.75, 3.05) is 0 Å². The molecule has 0 fully saturated rings.